The Morgan fingerprint density at radius 1 is 1.18 bits per heavy atom. The monoisotopic (exact) mass is 386 g/mol. The summed E-state index contributed by atoms with van der Waals surface area (Å²) in [5, 5.41) is 19.6. The molecule has 1 aromatic rings. The molecule has 0 spiro atoms. The summed E-state index contributed by atoms with van der Waals surface area (Å²) in [7, 11) is 4.37. The molecular formula is C21H34N6O. The highest BCUT2D eigenvalue weighted by Crippen LogP contribution is 2.33. The molecule has 1 saturated carbocycles. The van der Waals surface area contributed by atoms with E-state index in [4.69, 9.17) is 0 Å². The zero-order chi connectivity index (χ0) is 19.3. The highest BCUT2D eigenvalue weighted by atomic mass is 16.3. The van der Waals surface area contributed by atoms with Crippen LogP contribution in [0.15, 0.2) is 6.07 Å². The maximum atomic E-state index is 10.5. The molecule has 1 aromatic heterocycles. The maximum absolute atomic E-state index is 10.5. The topological polar surface area (TPSA) is 59.0 Å². The van der Waals surface area contributed by atoms with Gasteiger partial charge < -0.3 is 19.8 Å². The van der Waals surface area contributed by atoms with Gasteiger partial charge in [-0.1, -0.05) is 0 Å². The van der Waals surface area contributed by atoms with E-state index in [9.17, 15) is 5.11 Å². The molecule has 3 fully saturated rings. The van der Waals surface area contributed by atoms with E-state index in [2.05, 4.69) is 50.0 Å². The molecule has 0 radical (unpaired) electrons. The molecule has 0 bridgehead atoms. The molecule has 7 nitrogen and oxygen atoms in total. The van der Waals surface area contributed by atoms with E-state index in [0.29, 0.717) is 6.04 Å². The summed E-state index contributed by atoms with van der Waals surface area (Å²) in [5.41, 5.74) is 2.44. The van der Waals surface area contributed by atoms with Crippen LogP contribution in [-0.4, -0.2) is 102 Å². The minimum Gasteiger partial charge on any atom is -0.390 e. The number of aliphatic hydroxyl groups is 1. The Labute approximate surface area is 168 Å². The molecular weight excluding hydrogens is 352 g/mol. The highest BCUT2D eigenvalue weighted by Gasteiger charge is 2.39. The summed E-state index contributed by atoms with van der Waals surface area (Å²) in [4.78, 5) is 9.59. The van der Waals surface area contributed by atoms with Crippen molar-refractivity contribution < 1.29 is 5.11 Å². The molecule has 3 atom stereocenters. The van der Waals surface area contributed by atoms with Gasteiger partial charge in [-0.25, -0.2) is 0 Å². The second-order valence-corrected chi connectivity index (χ2v) is 9.63. The molecule has 3 aliphatic heterocycles. The van der Waals surface area contributed by atoms with E-state index >= 15 is 0 Å². The number of likely N-dealkylation sites (N-methyl/N-ethyl adjacent to an activating group) is 1. The van der Waals surface area contributed by atoms with Gasteiger partial charge in [0.05, 0.1) is 11.8 Å². The van der Waals surface area contributed by atoms with Crippen LogP contribution in [0.2, 0.25) is 0 Å². The Morgan fingerprint density at radius 3 is 2.64 bits per heavy atom. The zero-order valence-electron chi connectivity index (χ0n) is 17.3. The number of β-amino-alcohol motifs (C(OH)–C–C–N with tert-alkyl or cyclic N) is 1. The summed E-state index contributed by atoms with van der Waals surface area (Å²) < 4.78 is 0. The normalized spacial score (nSPS) is 29.4. The standard InChI is InChI=1S/C21H34N6O/c1-24-8-16-11-27(12-17(16)9-24)21-7-15-10-26(6-5-20(15)22-23-21)14-19(28)13-25(2)18-3-4-18/h7,16-19,28H,3-6,8-14H2,1-2H3/t16-,17+,19?. The number of anilines is 1. The third-order valence-corrected chi connectivity index (χ3v) is 7.14. The van der Waals surface area contributed by atoms with Crippen LogP contribution < -0.4 is 4.90 Å². The molecule has 28 heavy (non-hydrogen) atoms. The van der Waals surface area contributed by atoms with E-state index in [1.54, 1.807) is 0 Å². The summed E-state index contributed by atoms with van der Waals surface area (Å²) in [6.07, 6.45) is 3.23. The van der Waals surface area contributed by atoms with Crippen LogP contribution in [0.1, 0.15) is 24.1 Å². The Kier molecular flexibility index (Phi) is 5.03. The van der Waals surface area contributed by atoms with E-state index < -0.39 is 0 Å². The van der Waals surface area contributed by atoms with Crippen molar-refractivity contribution in [3.63, 3.8) is 0 Å². The van der Waals surface area contributed by atoms with Crippen LogP contribution in [0.25, 0.3) is 0 Å². The van der Waals surface area contributed by atoms with Gasteiger partial charge in [0.25, 0.3) is 0 Å². The van der Waals surface area contributed by atoms with Gasteiger partial charge in [0.15, 0.2) is 5.82 Å². The molecule has 1 unspecified atom stereocenters. The molecule has 7 heteroatoms. The van der Waals surface area contributed by atoms with Crippen LogP contribution in [-0.2, 0) is 13.0 Å². The number of rotatable bonds is 6. The van der Waals surface area contributed by atoms with Gasteiger partial charge in [0.1, 0.15) is 0 Å². The molecule has 1 N–H and O–H groups in total. The summed E-state index contributed by atoms with van der Waals surface area (Å²) in [6.45, 7) is 8.00. The fraction of sp³-hybridized carbons (Fsp3) is 0.810. The number of hydrogen-bond acceptors (Lipinski definition) is 7. The number of nitrogens with zero attached hydrogens (tertiary/aromatic N) is 6. The first-order valence-electron chi connectivity index (χ1n) is 10.9. The van der Waals surface area contributed by atoms with E-state index in [-0.39, 0.29) is 6.10 Å². The molecule has 4 aliphatic rings. The summed E-state index contributed by atoms with van der Waals surface area (Å²) in [5.74, 6) is 2.60. The van der Waals surface area contributed by atoms with Crippen molar-refractivity contribution in [2.24, 2.45) is 11.8 Å². The van der Waals surface area contributed by atoms with Crippen molar-refractivity contribution in [3.05, 3.63) is 17.3 Å². The second kappa shape index (κ2) is 7.52. The van der Waals surface area contributed by atoms with Gasteiger partial charge in [0.2, 0.25) is 0 Å². The Balaban J connectivity index is 1.20. The van der Waals surface area contributed by atoms with Crippen LogP contribution in [0.4, 0.5) is 5.82 Å². The summed E-state index contributed by atoms with van der Waals surface area (Å²) in [6, 6.07) is 2.97. The third kappa shape index (κ3) is 3.90. The SMILES string of the molecule is CN1C[C@@H]2CN(c3cc4c(nn3)CCN(CC(O)CN(C)C3CC3)C4)C[C@@H]2C1. The lowest BCUT2D eigenvalue weighted by atomic mass is 10.0. The molecule has 154 valence electrons. The van der Waals surface area contributed by atoms with E-state index in [1.807, 2.05) is 0 Å². The van der Waals surface area contributed by atoms with Crippen LogP contribution in [0, 0.1) is 11.8 Å². The average Bonchev–Trinajstić information content (AvgIpc) is 3.36. The lowest BCUT2D eigenvalue weighted by molar-refractivity contribution is 0.0744. The fourth-order valence-electron chi connectivity index (χ4n) is 5.45. The van der Waals surface area contributed by atoms with Gasteiger partial charge in [-0.15, -0.1) is 5.10 Å². The number of aromatic nitrogens is 2. The Bertz CT molecular complexity index is 696. The molecule has 5 rings (SSSR count). The first kappa shape index (κ1) is 18.7. The van der Waals surface area contributed by atoms with Gasteiger partial charge >= 0.3 is 0 Å². The number of fused-ring (bicyclic) bond motifs is 2. The quantitative estimate of drug-likeness (QED) is 0.754. The fourth-order valence-corrected chi connectivity index (χ4v) is 5.45. The lowest BCUT2D eigenvalue weighted by Gasteiger charge is -2.31. The van der Waals surface area contributed by atoms with Crippen molar-refractivity contribution in [2.45, 2.75) is 38.0 Å². The van der Waals surface area contributed by atoms with Crippen molar-refractivity contribution in [1.29, 1.82) is 0 Å². The lowest BCUT2D eigenvalue weighted by Crippen LogP contribution is -2.42. The maximum Gasteiger partial charge on any atom is 0.151 e. The molecule has 0 amide bonds. The van der Waals surface area contributed by atoms with Gasteiger partial charge in [-0.2, -0.15) is 5.10 Å². The number of aliphatic hydroxyl groups excluding tert-OH is 1. The van der Waals surface area contributed by atoms with Gasteiger partial charge in [-0.3, -0.25) is 4.90 Å². The van der Waals surface area contributed by atoms with Gasteiger partial charge in [-0.05, 0) is 50.4 Å². The number of likely N-dealkylation sites (tertiary alicyclic amines) is 1. The largest absolute Gasteiger partial charge is 0.390 e. The van der Waals surface area contributed by atoms with Crippen LogP contribution in [0.3, 0.4) is 0 Å². The molecule has 2 saturated heterocycles. The van der Waals surface area contributed by atoms with E-state index in [0.717, 1.165) is 69.0 Å². The average molecular weight is 387 g/mol. The third-order valence-electron chi connectivity index (χ3n) is 7.14. The first-order valence-corrected chi connectivity index (χ1v) is 10.9. The molecule has 1 aliphatic carbocycles. The second-order valence-electron chi connectivity index (χ2n) is 9.63. The predicted molar refractivity (Wildman–Crippen MR) is 109 cm³/mol. The summed E-state index contributed by atoms with van der Waals surface area (Å²) >= 11 is 0. The van der Waals surface area contributed by atoms with Crippen molar-refractivity contribution >= 4 is 5.82 Å². The minimum atomic E-state index is -0.281. The van der Waals surface area contributed by atoms with E-state index in [1.165, 1.54) is 31.5 Å². The smallest absolute Gasteiger partial charge is 0.151 e. The van der Waals surface area contributed by atoms with Crippen molar-refractivity contribution in [1.82, 2.24) is 24.9 Å². The van der Waals surface area contributed by atoms with Crippen LogP contribution >= 0.6 is 0 Å². The number of hydrogen-bond donors (Lipinski definition) is 1. The van der Waals surface area contributed by atoms with Gasteiger partial charge in [0, 0.05) is 64.8 Å². The molecule has 4 heterocycles. The van der Waals surface area contributed by atoms with Crippen molar-refractivity contribution in [3.8, 4) is 0 Å². The Hall–Kier alpha value is -1.28. The molecule has 0 aromatic carbocycles. The first-order chi connectivity index (χ1) is 13.5. The predicted octanol–water partition coefficient (Wildman–Crippen LogP) is 0.288. The zero-order valence-corrected chi connectivity index (χ0v) is 17.3. The van der Waals surface area contributed by atoms with Crippen LogP contribution in [0.5, 0.6) is 0 Å². The minimum absolute atomic E-state index is 0.281. The highest BCUT2D eigenvalue weighted by molar-refractivity contribution is 5.43. The Morgan fingerprint density at radius 2 is 1.93 bits per heavy atom. The van der Waals surface area contributed by atoms with Crippen molar-refractivity contribution in [2.75, 3.05) is 64.8 Å².